The number of nitrogens with zero attached hydrogens (tertiary/aromatic N) is 3. The molecule has 0 amide bonds. The van der Waals surface area contributed by atoms with Crippen LogP contribution in [0.15, 0.2) is 48.5 Å². The molecule has 0 unspecified atom stereocenters. The molecule has 4 nitrogen and oxygen atoms in total. The van der Waals surface area contributed by atoms with E-state index < -0.39 is 0 Å². The van der Waals surface area contributed by atoms with Crippen LogP contribution in [0.5, 0.6) is 0 Å². The molecule has 0 spiro atoms. The van der Waals surface area contributed by atoms with E-state index in [4.69, 9.17) is 9.97 Å². The van der Waals surface area contributed by atoms with Gasteiger partial charge >= 0.3 is 0 Å². The number of para-hydroxylation sites is 1. The summed E-state index contributed by atoms with van der Waals surface area (Å²) in [6.45, 7) is 2.12. The van der Waals surface area contributed by atoms with E-state index in [1.165, 1.54) is 30.4 Å². The number of fused-ring (bicyclic) bond motifs is 2. The van der Waals surface area contributed by atoms with E-state index in [1.54, 1.807) is 0 Å². The fraction of sp³-hybridized carbons (Fsp3) is 0.364. The molecule has 2 heterocycles. The van der Waals surface area contributed by atoms with Crippen molar-refractivity contribution in [1.29, 1.82) is 0 Å². The lowest BCUT2D eigenvalue weighted by molar-refractivity contribution is 0.569. The molecule has 2 aromatic carbocycles. The highest BCUT2D eigenvalue weighted by molar-refractivity contribution is 5.90. The fourth-order valence-electron chi connectivity index (χ4n) is 4.26. The van der Waals surface area contributed by atoms with Gasteiger partial charge in [0.25, 0.3) is 0 Å². The third-order valence-electron chi connectivity index (χ3n) is 5.62. The summed E-state index contributed by atoms with van der Waals surface area (Å²) in [5, 5.41) is 4.85. The summed E-state index contributed by atoms with van der Waals surface area (Å²) in [6, 6.07) is 17.5. The van der Waals surface area contributed by atoms with Gasteiger partial charge in [0, 0.05) is 24.5 Å². The molecular weight excluding hydrogens is 356 g/mol. The third-order valence-corrected chi connectivity index (χ3v) is 5.62. The average molecular weight is 381 g/mol. The van der Waals surface area contributed by atoms with E-state index in [-0.39, 0.29) is 12.4 Å². The van der Waals surface area contributed by atoms with Crippen molar-refractivity contribution in [2.75, 3.05) is 23.3 Å². The molecule has 0 bridgehead atoms. The maximum absolute atomic E-state index is 4.95. The molecule has 1 aliphatic heterocycles. The third kappa shape index (κ3) is 3.59. The Bertz CT molecular complexity index is 911. The summed E-state index contributed by atoms with van der Waals surface area (Å²) < 4.78 is 0. The first-order chi connectivity index (χ1) is 12.9. The Morgan fingerprint density at radius 3 is 2.22 bits per heavy atom. The molecule has 27 heavy (non-hydrogen) atoms. The molecule has 1 aliphatic carbocycles. The zero-order valence-corrected chi connectivity index (χ0v) is 16.2. The van der Waals surface area contributed by atoms with Gasteiger partial charge < -0.3 is 10.2 Å². The van der Waals surface area contributed by atoms with Gasteiger partial charge in [0.15, 0.2) is 0 Å². The van der Waals surface area contributed by atoms with Crippen molar-refractivity contribution in [3.63, 3.8) is 0 Å². The number of piperidine rings is 1. The lowest BCUT2D eigenvalue weighted by Gasteiger charge is -2.27. The molecular formula is C22H25ClN4. The molecule has 140 valence electrons. The molecule has 0 saturated carbocycles. The van der Waals surface area contributed by atoms with Crippen molar-refractivity contribution >= 4 is 35.1 Å². The van der Waals surface area contributed by atoms with Gasteiger partial charge in [-0.05, 0) is 55.4 Å². The molecule has 2 aliphatic rings. The topological polar surface area (TPSA) is 41.1 Å². The Morgan fingerprint density at radius 2 is 1.48 bits per heavy atom. The largest absolute Gasteiger partial charge is 0.366 e. The van der Waals surface area contributed by atoms with Crippen LogP contribution in [-0.2, 0) is 12.8 Å². The standard InChI is InChI=1S/C22H24N4.ClH/c1-6-12-26(13-7-1)22-24-20-11-5-4-10-19(20)21(25-22)23-18-14-16-8-2-3-9-17(16)15-18;/h2-5,8-11,18H,1,6-7,12-15H2,(H,23,24,25);1H. The first-order valence-electron chi connectivity index (χ1n) is 9.72. The summed E-state index contributed by atoms with van der Waals surface area (Å²) in [5.74, 6) is 1.86. The minimum Gasteiger partial charge on any atom is -0.366 e. The van der Waals surface area contributed by atoms with E-state index in [2.05, 4.69) is 58.7 Å². The van der Waals surface area contributed by atoms with Gasteiger partial charge in [0.1, 0.15) is 5.82 Å². The Labute approximate surface area is 166 Å². The minimum atomic E-state index is 0. The van der Waals surface area contributed by atoms with Gasteiger partial charge in [-0.3, -0.25) is 0 Å². The van der Waals surface area contributed by atoms with Crippen LogP contribution in [0, 0.1) is 0 Å². The maximum Gasteiger partial charge on any atom is 0.227 e. The molecule has 3 aromatic rings. The van der Waals surface area contributed by atoms with Crippen molar-refractivity contribution in [2.45, 2.75) is 38.1 Å². The molecule has 1 fully saturated rings. The van der Waals surface area contributed by atoms with E-state index in [9.17, 15) is 0 Å². The fourth-order valence-corrected chi connectivity index (χ4v) is 4.26. The van der Waals surface area contributed by atoms with E-state index in [0.717, 1.165) is 48.6 Å². The van der Waals surface area contributed by atoms with Crippen LogP contribution in [0.1, 0.15) is 30.4 Å². The van der Waals surface area contributed by atoms with Crippen LogP contribution in [0.25, 0.3) is 10.9 Å². The zero-order chi connectivity index (χ0) is 17.3. The second-order valence-electron chi connectivity index (χ2n) is 7.46. The summed E-state index contributed by atoms with van der Waals surface area (Å²) in [7, 11) is 0. The van der Waals surface area contributed by atoms with Gasteiger partial charge in [-0.15, -0.1) is 12.4 Å². The summed E-state index contributed by atoms with van der Waals surface area (Å²) >= 11 is 0. The monoisotopic (exact) mass is 380 g/mol. The second kappa shape index (κ2) is 7.73. The summed E-state index contributed by atoms with van der Waals surface area (Å²) in [4.78, 5) is 12.1. The van der Waals surface area contributed by atoms with Crippen LogP contribution in [-0.4, -0.2) is 29.1 Å². The van der Waals surface area contributed by atoms with Crippen LogP contribution < -0.4 is 10.2 Å². The normalized spacial score (nSPS) is 16.8. The Balaban J connectivity index is 0.00000180. The number of anilines is 2. The summed E-state index contributed by atoms with van der Waals surface area (Å²) in [5.41, 5.74) is 3.94. The molecule has 0 atom stereocenters. The van der Waals surface area contributed by atoms with Crippen LogP contribution in [0.2, 0.25) is 0 Å². The highest BCUT2D eigenvalue weighted by Crippen LogP contribution is 2.29. The SMILES string of the molecule is Cl.c1ccc2c(c1)CC(Nc1nc(N3CCCCC3)nc3ccccc13)C2. The van der Waals surface area contributed by atoms with Crippen LogP contribution >= 0.6 is 12.4 Å². The van der Waals surface area contributed by atoms with Crippen LogP contribution in [0.3, 0.4) is 0 Å². The maximum atomic E-state index is 4.95. The predicted octanol–water partition coefficient (Wildman–Crippen LogP) is 4.62. The molecule has 1 aromatic heterocycles. The van der Waals surface area contributed by atoms with Crippen molar-refractivity contribution in [3.8, 4) is 0 Å². The number of halogens is 1. The summed E-state index contributed by atoms with van der Waals surface area (Å²) in [6.07, 6.45) is 5.91. The highest BCUT2D eigenvalue weighted by Gasteiger charge is 2.23. The Kier molecular flexibility index (Phi) is 5.17. The molecule has 1 saturated heterocycles. The van der Waals surface area contributed by atoms with Crippen molar-refractivity contribution in [3.05, 3.63) is 59.7 Å². The number of hydrogen-bond acceptors (Lipinski definition) is 4. The quantitative estimate of drug-likeness (QED) is 0.719. The second-order valence-corrected chi connectivity index (χ2v) is 7.46. The predicted molar refractivity (Wildman–Crippen MR) is 114 cm³/mol. The van der Waals surface area contributed by atoms with Gasteiger partial charge in [0.05, 0.1) is 5.52 Å². The Hall–Kier alpha value is -2.33. The van der Waals surface area contributed by atoms with E-state index in [1.807, 2.05) is 0 Å². The van der Waals surface area contributed by atoms with Gasteiger partial charge in [-0.25, -0.2) is 4.98 Å². The van der Waals surface area contributed by atoms with Gasteiger partial charge in [-0.1, -0.05) is 36.4 Å². The van der Waals surface area contributed by atoms with Gasteiger partial charge in [-0.2, -0.15) is 4.98 Å². The first-order valence-corrected chi connectivity index (χ1v) is 9.72. The number of aromatic nitrogens is 2. The smallest absolute Gasteiger partial charge is 0.227 e. The van der Waals surface area contributed by atoms with E-state index in [0.29, 0.717) is 6.04 Å². The average Bonchev–Trinajstić information content (AvgIpc) is 3.11. The molecule has 0 radical (unpaired) electrons. The zero-order valence-electron chi connectivity index (χ0n) is 15.4. The number of rotatable bonds is 3. The van der Waals surface area contributed by atoms with Gasteiger partial charge in [0.2, 0.25) is 5.95 Å². The van der Waals surface area contributed by atoms with Crippen molar-refractivity contribution in [2.24, 2.45) is 0 Å². The molecule has 1 N–H and O–H groups in total. The van der Waals surface area contributed by atoms with Crippen LogP contribution in [0.4, 0.5) is 11.8 Å². The molecule has 5 rings (SSSR count). The lowest BCUT2D eigenvalue weighted by Crippen LogP contribution is -2.31. The van der Waals surface area contributed by atoms with E-state index >= 15 is 0 Å². The first kappa shape index (κ1) is 18.1. The number of nitrogens with one attached hydrogen (secondary N) is 1. The minimum absolute atomic E-state index is 0. The van der Waals surface area contributed by atoms with Crippen molar-refractivity contribution < 1.29 is 0 Å². The molecule has 5 heteroatoms. The number of benzene rings is 2. The number of hydrogen-bond donors (Lipinski definition) is 1. The Morgan fingerprint density at radius 1 is 0.815 bits per heavy atom. The highest BCUT2D eigenvalue weighted by atomic mass is 35.5. The lowest BCUT2D eigenvalue weighted by atomic mass is 10.1. The van der Waals surface area contributed by atoms with Crippen molar-refractivity contribution in [1.82, 2.24) is 9.97 Å².